The predicted molar refractivity (Wildman–Crippen MR) is 70.0 cm³/mol. The Bertz CT molecular complexity index is 333. The van der Waals surface area contributed by atoms with Gasteiger partial charge in [-0.25, -0.2) is 0 Å². The van der Waals surface area contributed by atoms with Crippen LogP contribution in [0.1, 0.15) is 5.56 Å². The van der Waals surface area contributed by atoms with Gasteiger partial charge < -0.3 is 14.6 Å². The Hall–Kier alpha value is -1.10. The summed E-state index contributed by atoms with van der Waals surface area (Å²) in [4.78, 5) is 2.35. The quantitative estimate of drug-likeness (QED) is 0.817. The number of rotatable bonds is 6. The molecule has 1 N–H and O–H groups in total. The van der Waals surface area contributed by atoms with Gasteiger partial charge in [0.1, 0.15) is 12.4 Å². The second kappa shape index (κ2) is 7.36. The molecule has 1 aliphatic rings. The van der Waals surface area contributed by atoms with Crippen molar-refractivity contribution in [2.24, 2.45) is 0 Å². The van der Waals surface area contributed by atoms with E-state index in [0.717, 1.165) is 44.2 Å². The molecule has 0 aromatic heterocycles. The van der Waals surface area contributed by atoms with Gasteiger partial charge in [-0.15, -0.1) is 0 Å². The Morgan fingerprint density at radius 2 is 1.89 bits per heavy atom. The summed E-state index contributed by atoms with van der Waals surface area (Å²) in [6.45, 7) is 5.50. The maximum Gasteiger partial charge on any atom is 0.119 e. The SMILES string of the molecule is OCCc1ccc(OCCN2CCOCC2)cc1. The van der Waals surface area contributed by atoms with Crippen molar-refractivity contribution in [3.8, 4) is 5.75 Å². The van der Waals surface area contributed by atoms with Crippen LogP contribution >= 0.6 is 0 Å². The predicted octanol–water partition coefficient (Wildman–Crippen LogP) is 0.932. The minimum atomic E-state index is 0.192. The third-order valence-electron chi connectivity index (χ3n) is 3.10. The summed E-state index contributed by atoms with van der Waals surface area (Å²) in [5, 5.41) is 8.83. The van der Waals surface area contributed by atoms with Crippen molar-refractivity contribution in [2.45, 2.75) is 6.42 Å². The summed E-state index contributed by atoms with van der Waals surface area (Å²) in [6, 6.07) is 7.93. The number of nitrogens with zero attached hydrogens (tertiary/aromatic N) is 1. The number of aliphatic hydroxyl groups excluding tert-OH is 1. The van der Waals surface area contributed by atoms with Gasteiger partial charge in [-0.3, -0.25) is 4.90 Å². The first-order chi connectivity index (χ1) is 8.88. The van der Waals surface area contributed by atoms with Crippen LogP contribution in [0.2, 0.25) is 0 Å². The lowest BCUT2D eigenvalue weighted by Gasteiger charge is -2.26. The molecule has 1 heterocycles. The van der Waals surface area contributed by atoms with Crippen LogP contribution < -0.4 is 4.74 Å². The summed E-state index contributed by atoms with van der Waals surface area (Å²) < 4.78 is 11.0. The fraction of sp³-hybridized carbons (Fsp3) is 0.571. The van der Waals surface area contributed by atoms with Crippen molar-refractivity contribution in [3.63, 3.8) is 0 Å². The molecule has 4 heteroatoms. The molecule has 0 spiro atoms. The molecule has 1 fully saturated rings. The summed E-state index contributed by atoms with van der Waals surface area (Å²) in [5.41, 5.74) is 1.14. The zero-order valence-electron chi connectivity index (χ0n) is 10.7. The van der Waals surface area contributed by atoms with Crippen molar-refractivity contribution >= 4 is 0 Å². The normalized spacial score (nSPS) is 16.7. The number of benzene rings is 1. The minimum absolute atomic E-state index is 0.192. The molecule has 18 heavy (non-hydrogen) atoms. The van der Waals surface area contributed by atoms with Gasteiger partial charge in [-0.1, -0.05) is 12.1 Å². The average Bonchev–Trinajstić information content (AvgIpc) is 2.42. The average molecular weight is 251 g/mol. The maximum absolute atomic E-state index is 8.83. The van der Waals surface area contributed by atoms with Crippen LogP contribution in [0.25, 0.3) is 0 Å². The van der Waals surface area contributed by atoms with E-state index in [2.05, 4.69) is 4.90 Å². The van der Waals surface area contributed by atoms with E-state index in [4.69, 9.17) is 14.6 Å². The third-order valence-corrected chi connectivity index (χ3v) is 3.10. The second-order valence-electron chi connectivity index (χ2n) is 4.42. The smallest absolute Gasteiger partial charge is 0.119 e. The van der Waals surface area contributed by atoms with Gasteiger partial charge in [0, 0.05) is 26.2 Å². The Kier molecular flexibility index (Phi) is 5.45. The van der Waals surface area contributed by atoms with Crippen molar-refractivity contribution in [1.82, 2.24) is 4.90 Å². The number of morpholine rings is 1. The summed E-state index contributed by atoms with van der Waals surface area (Å²) in [7, 11) is 0. The molecular weight excluding hydrogens is 230 g/mol. The highest BCUT2D eigenvalue weighted by Crippen LogP contribution is 2.12. The number of ether oxygens (including phenoxy) is 2. The molecule has 0 aliphatic carbocycles. The Morgan fingerprint density at radius 3 is 2.56 bits per heavy atom. The lowest BCUT2D eigenvalue weighted by atomic mass is 10.1. The fourth-order valence-electron chi connectivity index (χ4n) is 2.00. The Morgan fingerprint density at radius 1 is 1.17 bits per heavy atom. The van der Waals surface area contributed by atoms with E-state index < -0.39 is 0 Å². The van der Waals surface area contributed by atoms with Gasteiger partial charge in [0.15, 0.2) is 0 Å². The van der Waals surface area contributed by atoms with Gasteiger partial charge in [-0.2, -0.15) is 0 Å². The highest BCUT2D eigenvalue weighted by Gasteiger charge is 2.09. The summed E-state index contributed by atoms with van der Waals surface area (Å²) >= 11 is 0. The lowest BCUT2D eigenvalue weighted by Crippen LogP contribution is -2.38. The number of hydrogen-bond donors (Lipinski definition) is 1. The number of hydrogen-bond acceptors (Lipinski definition) is 4. The van der Waals surface area contributed by atoms with Crippen LogP contribution in [-0.4, -0.2) is 56.1 Å². The molecule has 1 aliphatic heterocycles. The first kappa shape index (κ1) is 13.3. The molecule has 0 bridgehead atoms. The van der Waals surface area contributed by atoms with Crippen molar-refractivity contribution < 1.29 is 14.6 Å². The molecule has 100 valence electrons. The molecule has 1 aromatic carbocycles. The molecule has 0 saturated carbocycles. The van der Waals surface area contributed by atoms with Crippen LogP contribution in [0.3, 0.4) is 0 Å². The first-order valence-corrected chi connectivity index (χ1v) is 6.51. The van der Waals surface area contributed by atoms with Crippen LogP contribution in [0.4, 0.5) is 0 Å². The van der Waals surface area contributed by atoms with E-state index >= 15 is 0 Å². The highest BCUT2D eigenvalue weighted by atomic mass is 16.5. The summed E-state index contributed by atoms with van der Waals surface area (Å²) in [5.74, 6) is 0.893. The van der Waals surface area contributed by atoms with Crippen LogP contribution in [0, 0.1) is 0 Å². The third kappa shape index (κ3) is 4.29. The molecule has 2 rings (SSSR count). The largest absolute Gasteiger partial charge is 0.492 e. The van der Waals surface area contributed by atoms with Gasteiger partial charge in [-0.05, 0) is 24.1 Å². The van der Waals surface area contributed by atoms with E-state index in [0.29, 0.717) is 13.0 Å². The fourth-order valence-corrected chi connectivity index (χ4v) is 2.00. The molecule has 0 atom stereocenters. The van der Waals surface area contributed by atoms with Crippen LogP contribution in [0.15, 0.2) is 24.3 Å². The van der Waals surface area contributed by atoms with Crippen molar-refractivity contribution in [2.75, 3.05) is 46.1 Å². The highest BCUT2D eigenvalue weighted by molar-refractivity contribution is 5.27. The zero-order chi connectivity index (χ0) is 12.6. The topological polar surface area (TPSA) is 41.9 Å². The van der Waals surface area contributed by atoms with E-state index in [1.165, 1.54) is 0 Å². The van der Waals surface area contributed by atoms with E-state index in [-0.39, 0.29) is 6.61 Å². The van der Waals surface area contributed by atoms with Gasteiger partial charge in [0.05, 0.1) is 13.2 Å². The van der Waals surface area contributed by atoms with Crippen LogP contribution in [0.5, 0.6) is 5.75 Å². The molecule has 0 radical (unpaired) electrons. The molecular formula is C14H21NO3. The Labute approximate surface area is 108 Å². The molecule has 0 amide bonds. The second-order valence-corrected chi connectivity index (χ2v) is 4.42. The molecule has 1 saturated heterocycles. The molecule has 4 nitrogen and oxygen atoms in total. The zero-order valence-corrected chi connectivity index (χ0v) is 10.7. The van der Waals surface area contributed by atoms with E-state index in [1.807, 2.05) is 24.3 Å². The standard InChI is InChI=1S/C14H21NO3/c16-9-5-13-1-3-14(4-2-13)18-12-8-15-6-10-17-11-7-15/h1-4,16H,5-12H2. The number of aliphatic hydroxyl groups is 1. The Balaban J connectivity index is 1.69. The van der Waals surface area contributed by atoms with E-state index in [1.54, 1.807) is 0 Å². The monoisotopic (exact) mass is 251 g/mol. The van der Waals surface area contributed by atoms with Crippen molar-refractivity contribution in [1.29, 1.82) is 0 Å². The van der Waals surface area contributed by atoms with Gasteiger partial charge >= 0.3 is 0 Å². The maximum atomic E-state index is 8.83. The molecule has 0 unspecified atom stereocenters. The lowest BCUT2D eigenvalue weighted by molar-refractivity contribution is 0.0322. The molecule has 1 aromatic rings. The van der Waals surface area contributed by atoms with E-state index in [9.17, 15) is 0 Å². The van der Waals surface area contributed by atoms with Crippen LogP contribution in [-0.2, 0) is 11.2 Å². The first-order valence-electron chi connectivity index (χ1n) is 6.51. The van der Waals surface area contributed by atoms with Gasteiger partial charge in [0.25, 0.3) is 0 Å². The summed E-state index contributed by atoms with van der Waals surface area (Å²) in [6.07, 6.45) is 0.702. The van der Waals surface area contributed by atoms with Crippen molar-refractivity contribution in [3.05, 3.63) is 29.8 Å². The minimum Gasteiger partial charge on any atom is -0.492 e. The van der Waals surface area contributed by atoms with Gasteiger partial charge in [0.2, 0.25) is 0 Å².